The maximum absolute atomic E-state index is 13.3. The minimum atomic E-state index is -0.113. The third kappa shape index (κ3) is 3.90. The number of carbonyl (C=O) groups excluding carboxylic acids is 1. The molecule has 1 aliphatic rings. The van der Waals surface area contributed by atoms with Crippen molar-refractivity contribution in [1.82, 2.24) is 5.01 Å². The first kappa shape index (κ1) is 19.0. The predicted octanol–water partition coefficient (Wildman–Crippen LogP) is 6.35. The zero-order valence-corrected chi connectivity index (χ0v) is 17.1. The Morgan fingerprint density at radius 1 is 0.645 bits per heavy atom. The van der Waals surface area contributed by atoms with Gasteiger partial charge >= 0.3 is 0 Å². The Morgan fingerprint density at radius 3 is 1.81 bits per heavy atom. The lowest BCUT2D eigenvalue weighted by molar-refractivity contribution is 0.0711. The Bertz CT molecular complexity index is 1200. The minimum absolute atomic E-state index is 0.0784. The maximum atomic E-state index is 13.3. The van der Waals surface area contributed by atoms with E-state index in [4.69, 9.17) is 5.10 Å². The van der Waals surface area contributed by atoms with Gasteiger partial charge in [-0.3, -0.25) is 4.79 Å². The van der Waals surface area contributed by atoms with Crippen molar-refractivity contribution < 1.29 is 4.79 Å². The molecule has 150 valence electrons. The third-order valence-electron chi connectivity index (χ3n) is 5.65. The summed E-state index contributed by atoms with van der Waals surface area (Å²) < 4.78 is 0. The van der Waals surface area contributed by atoms with Crippen LogP contribution in [0.5, 0.6) is 0 Å². The monoisotopic (exact) mass is 402 g/mol. The molecule has 0 spiro atoms. The van der Waals surface area contributed by atoms with Crippen molar-refractivity contribution in [3.05, 3.63) is 132 Å². The van der Waals surface area contributed by atoms with Crippen molar-refractivity contribution in [3.8, 4) is 11.1 Å². The van der Waals surface area contributed by atoms with Crippen LogP contribution >= 0.6 is 0 Å². The van der Waals surface area contributed by atoms with Crippen molar-refractivity contribution in [1.29, 1.82) is 0 Å². The normalized spacial score (nSPS) is 15.5. The van der Waals surface area contributed by atoms with Gasteiger partial charge in [0.15, 0.2) is 0 Å². The second-order valence-corrected chi connectivity index (χ2v) is 7.64. The van der Waals surface area contributed by atoms with Crippen LogP contribution in [0.2, 0.25) is 0 Å². The standard InChI is InChI=1S/C28H22N2O/c31-28(25-14-8-3-9-15-25)30-27(24-12-6-2-7-13-24)20-26(29-30)23-18-16-22(17-19-23)21-10-4-1-5-11-21/h1-19,27H,20H2. The lowest BCUT2D eigenvalue weighted by atomic mass is 9.96. The Morgan fingerprint density at radius 2 is 1.16 bits per heavy atom. The van der Waals surface area contributed by atoms with E-state index >= 15 is 0 Å². The number of hydrogen-bond donors (Lipinski definition) is 0. The summed E-state index contributed by atoms with van der Waals surface area (Å²) in [5.74, 6) is -0.0784. The fourth-order valence-corrected chi connectivity index (χ4v) is 4.01. The Kier molecular flexibility index (Phi) is 5.16. The molecule has 3 heteroatoms. The Hall–Kier alpha value is -3.98. The molecule has 0 saturated heterocycles. The SMILES string of the molecule is O=C(c1ccccc1)N1N=C(c2ccc(-c3ccccc3)cc2)CC1c1ccccc1. The predicted molar refractivity (Wildman–Crippen MR) is 125 cm³/mol. The zero-order valence-electron chi connectivity index (χ0n) is 17.1. The molecular weight excluding hydrogens is 380 g/mol. The molecule has 0 aliphatic carbocycles. The average Bonchev–Trinajstić information content (AvgIpc) is 3.31. The number of amides is 1. The summed E-state index contributed by atoms with van der Waals surface area (Å²) in [6.45, 7) is 0. The van der Waals surface area contributed by atoms with Gasteiger partial charge in [0.05, 0.1) is 11.8 Å². The molecule has 0 radical (unpaired) electrons. The van der Waals surface area contributed by atoms with Crippen LogP contribution in [0.4, 0.5) is 0 Å². The lowest BCUT2D eigenvalue weighted by Gasteiger charge is -2.22. The molecule has 31 heavy (non-hydrogen) atoms. The number of rotatable bonds is 4. The number of hydrogen-bond acceptors (Lipinski definition) is 2. The fourth-order valence-electron chi connectivity index (χ4n) is 4.01. The molecule has 1 heterocycles. The molecule has 1 amide bonds. The van der Waals surface area contributed by atoms with Crippen LogP contribution in [-0.4, -0.2) is 16.6 Å². The highest BCUT2D eigenvalue weighted by molar-refractivity contribution is 6.05. The van der Waals surface area contributed by atoms with E-state index < -0.39 is 0 Å². The van der Waals surface area contributed by atoms with E-state index in [1.54, 1.807) is 5.01 Å². The van der Waals surface area contributed by atoms with Crippen LogP contribution in [0.15, 0.2) is 120 Å². The summed E-state index contributed by atoms with van der Waals surface area (Å²) >= 11 is 0. The summed E-state index contributed by atoms with van der Waals surface area (Å²) in [4.78, 5) is 13.3. The molecule has 0 fully saturated rings. The van der Waals surface area contributed by atoms with Gasteiger partial charge in [0.2, 0.25) is 0 Å². The quantitative estimate of drug-likeness (QED) is 0.392. The van der Waals surface area contributed by atoms with Crippen molar-refractivity contribution in [2.75, 3.05) is 0 Å². The first-order valence-electron chi connectivity index (χ1n) is 10.5. The minimum Gasteiger partial charge on any atom is -0.267 e. The van der Waals surface area contributed by atoms with Crippen LogP contribution in [0, 0.1) is 0 Å². The Labute approximate surface area is 182 Å². The summed E-state index contributed by atoms with van der Waals surface area (Å²) in [6.07, 6.45) is 0.688. The average molecular weight is 402 g/mol. The van der Waals surface area contributed by atoms with Crippen LogP contribution < -0.4 is 0 Å². The maximum Gasteiger partial charge on any atom is 0.274 e. The molecule has 0 N–H and O–H groups in total. The smallest absolute Gasteiger partial charge is 0.267 e. The molecule has 1 atom stereocenters. The molecule has 4 aromatic carbocycles. The summed E-state index contributed by atoms with van der Waals surface area (Å²) in [5.41, 5.74) is 6.06. The largest absolute Gasteiger partial charge is 0.274 e. The molecule has 1 unspecified atom stereocenters. The summed E-state index contributed by atoms with van der Waals surface area (Å²) in [7, 11) is 0. The van der Waals surface area contributed by atoms with Crippen molar-refractivity contribution in [3.63, 3.8) is 0 Å². The van der Waals surface area contributed by atoms with Gasteiger partial charge in [-0.15, -0.1) is 0 Å². The van der Waals surface area contributed by atoms with Gasteiger partial charge in [-0.1, -0.05) is 103 Å². The van der Waals surface area contributed by atoms with Crippen LogP contribution in [0.3, 0.4) is 0 Å². The molecule has 0 saturated carbocycles. The van der Waals surface area contributed by atoms with Gasteiger partial charge in [0.1, 0.15) is 0 Å². The third-order valence-corrected chi connectivity index (χ3v) is 5.65. The highest BCUT2D eigenvalue weighted by Gasteiger charge is 2.33. The second-order valence-electron chi connectivity index (χ2n) is 7.64. The van der Waals surface area contributed by atoms with Crippen molar-refractivity contribution >= 4 is 11.6 Å². The highest BCUT2D eigenvalue weighted by atomic mass is 16.2. The van der Waals surface area contributed by atoms with Gasteiger partial charge < -0.3 is 0 Å². The van der Waals surface area contributed by atoms with Gasteiger partial charge in [-0.25, -0.2) is 5.01 Å². The number of nitrogens with zero attached hydrogens (tertiary/aromatic N) is 2. The molecule has 5 rings (SSSR count). The molecule has 1 aliphatic heterocycles. The van der Waals surface area contributed by atoms with E-state index in [-0.39, 0.29) is 11.9 Å². The summed E-state index contributed by atoms with van der Waals surface area (Å²) in [5, 5.41) is 6.44. The van der Waals surface area contributed by atoms with Gasteiger partial charge in [-0.2, -0.15) is 5.10 Å². The van der Waals surface area contributed by atoms with E-state index in [0.717, 1.165) is 16.8 Å². The topological polar surface area (TPSA) is 32.7 Å². The number of hydrazone groups is 1. The number of benzene rings is 4. The van der Waals surface area contributed by atoms with E-state index in [1.165, 1.54) is 11.1 Å². The molecular formula is C28H22N2O. The fraction of sp³-hybridized carbons (Fsp3) is 0.0714. The molecule has 3 nitrogen and oxygen atoms in total. The second kappa shape index (κ2) is 8.41. The van der Waals surface area contributed by atoms with E-state index in [0.29, 0.717) is 12.0 Å². The first-order valence-corrected chi connectivity index (χ1v) is 10.5. The lowest BCUT2D eigenvalue weighted by Crippen LogP contribution is -2.27. The zero-order chi connectivity index (χ0) is 21.0. The van der Waals surface area contributed by atoms with Gasteiger partial charge in [0.25, 0.3) is 5.91 Å². The summed E-state index contributed by atoms with van der Waals surface area (Å²) in [6, 6.07) is 38.1. The van der Waals surface area contributed by atoms with Gasteiger partial charge in [-0.05, 0) is 34.4 Å². The van der Waals surface area contributed by atoms with Crippen molar-refractivity contribution in [2.45, 2.75) is 12.5 Å². The van der Waals surface area contributed by atoms with E-state index in [1.807, 2.05) is 66.7 Å². The van der Waals surface area contributed by atoms with E-state index in [9.17, 15) is 4.79 Å². The first-order chi connectivity index (χ1) is 15.3. The van der Waals surface area contributed by atoms with E-state index in [2.05, 4.69) is 48.5 Å². The Balaban J connectivity index is 1.48. The molecule has 0 aromatic heterocycles. The van der Waals surface area contributed by atoms with Crippen molar-refractivity contribution in [2.24, 2.45) is 5.10 Å². The van der Waals surface area contributed by atoms with Crippen LogP contribution in [0.25, 0.3) is 11.1 Å². The van der Waals surface area contributed by atoms with Crippen LogP contribution in [0.1, 0.15) is 33.9 Å². The highest BCUT2D eigenvalue weighted by Crippen LogP contribution is 2.34. The van der Waals surface area contributed by atoms with Gasteiger partial charge in [0, 0.05) is 12.0 Å². The number of carbonyl (C=O) groups is 1. The van der Waals surface area contributed by atoms with Crippen LogP contribution in [-0.2, 0) is 0 Å². The molecule has 0 bridgehead atoms. The molecule has 4 aromatic rings.